The summed E-state index contributed by atoms with van der Waals surface area (Å²) < 4.78 is 37.8. The van der Waals surface area contributed by atoms with E-state index in [1.54, 1.807) is 0 Å². The molecule has 0 radical (unpaired) electrons. The fraction of sp³-hybridized carbons (Fsp3) is 0.105. The number of hydrogen-bond acceptors (Lipinski definition) is 3. The molecule has 0 saturated carbocycles. The first kappa shape index (κ1) is 15.8. The van der Waals surface area contributed by atoms with Crippen molar-refractivity contribution in [1.82, 2.24) is 0 Å². The van der Waals surface area contributed by atoms with Gasteiger partial charge in [-0.25, -0.2) is 8.78 Å². The van der Waals surface area contributed by atoms with E-state index in [9.17, 15) is 8.78 Å². The molecule has 3 rings (SSSR count). The molecule has 0 aromatic heterocycles. The van der Waals surface area contributed by atoms with Crippen LogP contribution in [0.4, 0.5) is 8.78 Å². The second-order valence-electron chi connectivity index (χ2n) is 5.08. The van der Waals surface area contributed by atoms with E-state index < -0.39 is 17.2 Å². The minimum absolute atomic E-state index is 0.0195. The highest BCUT2D eigenvalue weighted by atomic mass is 19.1. The van der Waals surface area contributed by atoms with Crippen molar-refractivity contribution in [2.45, 2.75) is 0 Å². The second kappa shape index (κ2) is 6.97. The zero-order valence-electron chi connectivity index (χ0n) is 12.6. The van der Waals surface area contributed by atoms with Crippen LogP contribution in [0.3, 0.4) is 0 Å². The number of fused-ring (bicyclic) bond motifs is 1. The molecule has 0 heterocycles. The van der Waals surface area contributed by atoms with Crippen LogP contribution < -0.4 is 9.47 Å². The average molecular weight is 325 g/mol. The summed E-state index contributed by atoms with van der Waals surface area (Å²) in [6.07, 6.45) is 0. The zero-order chi connectivity index (χ0) is 16.9. The SMILES string of the molecule is N#Cc1c(F)cc(OCCOc2ccc3ccccc3c2)cc1F. The summed E-state index contributed by atoms with van der Waals surface area (Å²) in [5.74, 6) is -1.17. The van der Waals surface area contributed by atoms with Gasteiger partial charge in [0.05, 0.1) is 0 Å². The van der Waals surface area contributed by atoms with Crippen molar-refractivity contribution in [1.29, 1.82) is 5.26 Å². The summed E-state index contributed by atoms with van der Waals surface area (Å²) in [6, 6.07) is 17.1. The van der Waals surface area contributed by atoms with Gasteiger partial charge < -0.3 is 9.47 Å². The third-order valence-electron chi connectivity index (χ3n) is 3.47. The van der Waals surface area contributed by atoms with Crippen molar-refractivity contribution >= 4 is 10.8 Å². The quantitative estimate of drug-likeness (QED) is 0.651. The Hall–Kier alpha value is -3.13. The predicted octanol–water partition coefficient (Wildman–Crippen LogP) is 4.45. The molecular weight excluding hydrogens is 312 g/mol. The Balaban J connectivity index is 1.58. The van der Waals surface area contributed by atoms with Crippen LogP contribution in [0.5, 0.6) is 11.5 Å². The molecule has 3 nitrogen and oxygen atoms in total. The molecule has 0 fully saturated rings. The molecule has 0 N–H and O–H groups in total. The molecule has 0 aliphatic heterocycles. The molecule has 0 saturated heterocycles. The number of halogens is 2. The molecule has 0 atom stereocenters. The van der Waals surface area contributed by atoms with Crippen molar-refractivity contribution in [3.63, 3.8) is 0 Å². The highest BCUT2D eigenvalue weighted by Crippen LogP contribution is 2.21. The zero-order valence-corrected chi connectivity index (χ0v) is 12.6. The maximum atomic E-state index is 13.5. The molecule has 3 aromatic rings. The van der Waals surface area contributed by atoms with Crippen molar-refractivity contribution < 1.29 is 18.3 Å². The summed E-state index contributed by atoms with van der Waals surface area (Å²) in [5.41, 5.74) is -0.616. The van der Waals surface area contributed by atoms with Crippen LogP contribution in [-0.4, -0.2) is 13.2 Å². The molecule has 120 valence electrons. The van der Waals surface area contributed by atoms with Gasteiger partial charge in [-0.15, -0.1) is 0 Å². The molecule has 0 unspecified atom stereocenters. The standard InChI is InChI=1S/C19H13F2NO2/c20-18-10-16(11-19(21)17(18)12-22)24-8-7-23-15-6-5-13-3-1-2-4-14(13)9-15/h1-6,9-11H,7-8H2. The van der Waals surface area contributed by atoms with Gasteiger partial charge in [0.1, 0.15) is 48.0 Å². The van der Waals surface area contributed by atoms with Crippen molar-refractivity contribution in [3.8, 4) is 17.6 Å². The van der Waals surface area contributed by atoms with E-state index in [1.165, 1.54) is 6.07 Å². The monoisotopic (exact) mass is 325 g/mol. The number of benzene rings is 3. The van der Waals surface area contributed by atoms with Gasteiger partial charge in [0.15, 0.2) is 0 Å². The topological polar surface area (TPSA) is 42.2 Å². The third-order valence-corrected chi connectivity index (χ3v) is 3.47. The van der Waals surface area contributed by atoms with Crippen LogP contribution in [0, 0.1) is 23.0 Å². The van der Waals surface area contributed by atoms with Crippen LogP contribution in [0.2, 0.25) is 0 Å². The van der Waals surface area contributed by atoms with E-state index in [0.717, 1.165) is 22.9 Å². The Kier molecular flexibility index (Phi) is 4.57. The Bertz CT molecular complexity index is 896. The second-order valence-corrected chi connectivity index (χ2v) is 5.08. The van der Waals surface area contributed by atoms with Gasteiger partial charge in [-0.05, 0) is 22.9 Å². The number of hydrogen-bond donors (Lipinski definition) is 0. The molecular formula is C19H13F2NO2. The Morgan fingerprint density at radius 1 is 0.792 bits per heavy atom. The molecule has 0 spiro atoms. The van der Waals surface area contributed by atoms with Crippen LogP contribution in [0.15, 0.2) is 54.6 Å². The van der Waals surface area contributed by atoms with E-state index in [-0.39, 0.29) is 19.0 Å². The van der Waals surface area contributed by atoms with Gasteiger partial charge >= 0.3 is 0 Å². The molecule has 24 heavy (non-hydrogen) atoms. The van der Waals surface area contributed by atoms with Gasteiger partial charge in [0.2, 0.25) is 0 Å². The number of nitrogens with zero attached hydrogens (tertiary/aromatic N) is 1. The van der Waals surface area contributed by atoms with Crippen LogP contribution >= 0.6 is 0 Å². The largest absolute Gasteiger partial charge is 0.490 e. The molecule has 3 aromatic carbocycles. The Morgan fingerprint density at radius 2 is 1.42 bits per heavy atom. The van der Waals surface area contributed by atoms with Crippen LogP contribution in [-0.2, 0) is 0 Å². The first-order valence-electron chi connectivity index (χ1n) is 7.31. The summed E-state index contributed by atoms with van der Waals surface area (Å²) in [5, 5.41) is 10.8. The van der Waals surface area contributed by atoms with E-state index >= 15 is 0 Å². The van der Waals surface area contributed by atoms with Gasteiger partial charge in [-0.2, -0.15) is 5.26 Å². The molecule has 0 amide bonds. The lowest BCUT2D eigenvalue weighted by Crippen LogP contribution is -2.09. The number of ether oxygens (including phenoxy) is 2. The smallest absolute Gasteiger partial charge is 0.147 e. The fourth-order valence-electron chi connectivity index (χ4n) is 2.32. The first-order valence-corrected chi connectivity index (χ1v) is 7.31. The lowest BCUT2D eigenvalue weighted by molar-refractivity contribution is 0.216. The minimum Gasteiger partial charge on any atom is -0.490 e. The summed E-state index contributed by atoms with van der Waals surface area (Å²) in [4.78, 5) is 0. The summed E-state index contributed by atoms with van der Waals surface area (Å²) in [7, 11) is 0. The minimum atomic E-state index is -0.942. The Labute approximate surface area is 137 Å². The molecule has 0 aliphatic carbocycles. The maximum Gasteiger partial charge on any atom is 0.147 e. The van der Waals surface area contributed by atoms with Crippen molar-refractivity contribution in [2.75, 3.05) is 13.2 Å². The first-order chi connectivity index (χ1) is 11.7. The lowest BCUT2D eigenvalue weighted by atomic mass is 10.1. The summed E-state index contributed by atoms with van der Waals surface area (Å²) in [6.45, 7) is 0.346. The van der Waals surface area contributed by atoms with Crippen LogP contribution in [0.1, 0.15) is 5.56 Å². The third kappa shape index (κ3) is 3.44. The highest BCUT2D eigenvalue weighted by Gasteiger charge is 2.11. The highest BCUT2D eigenvalue weighted by molar-refractivity contribution is 5.83. The van der Waals surface area contributed by atoms with E-state index in [4.69, 9.17) is 14.7 Å². The number of rotatable bonds is 5. The molecule has 0 bridgehead atoms. The van der Waals surface area contributed by atoms with E-state index in [2.05, 4.69) is 0 Å². The van der Waals surface area contributed by atoms with Crippen LogP contribution in [0.25, 0.3) is 10.8 Å². The molecule has 0 aliphatic rings. The van der Waals surface area contributed by atoms with E-state index in [1.807, 2.05) is 42.5 Å². The lowest BCUT2D eigenvalue weighted by Gasteiger charge is -2.10. The van der Waals surface area contributed by atoms with Gasteiger partial charge in [0, 0.05) is 12.1 Å². The van der Waals surface area contributed by atoms with Gasteiger partial charge in [-0.3, -0.25) is 0 Å². The predicted molar refractivity (Wildman–Crippen MR) is 86.0 cm³/mol. The van der Waals surface area contributed by atoms with E-state index in [0.29, 0.717) is 5.75 Å². The Morgan fingerprint density at radius 3 is 2.08 bits per heavy atom. The number of nitriles is 1. The fourth-order valence-corrected chi connectivity index (χ4v) is 2.32. The van der Waals surface area contributed by atoms with Crippen molar-refractivity contribution in [3.05, 3.63) is 71.8 Å². The van der Waals surface area contributed by atoms with Crippen molar-refractivity contribution in [2.24, 2.45) is 0 Å². The van der Waals surface area contributed by atoms with Gasteiger partial charge in [-0.1, -0.05) is 30.3 Å². The normalized spacial score (nSPS) is 10.4. The summed E-state index contributed by atoms with van der Waals surface area (Å²) >= 11 is 0. The molecule has 5 heteroatoms. The maximum absolute atomic E-state index is 13.5. The average Bonchev–Trinajstić information content (AvgIpc) is 2.58. The van der Waals surface area contributed by atoms with Gasteiger partial charge in [0.25, 0.3) is 0 Å².